The molecule has 3 rings (SSSR count). The maximum atomic E-state index is 12.4. The Hall–Kier alpha value is -2.87. The molecule has 1 aromatic carbocycles. The number of carbonyl (C=O) groups excluding carboxylic acids is 3. The van der Waals surface area contributed by atoms with Crippen LogP contribution >= 0.6 is 11.3 Å². The summed E-state index contributed by atoms with van der Waals surface area (Å²) < 4.78 is 10.1. The van der Waals surface area contributed by atoms with E-state index in [4.69, 9.17) is 15.2 Å². The fourth-order valence-corrected chi connectivity index (χ4v) is 5.06. The van der Waals surface area contributed by atoms with Crippen LogP contribution in [0.3, 0.4) is 0 Å². The summed E-state index contributed by atoms with van der Waals surface area (Å²) in [6, 6.07) is 6.23. The van der Waals surface area contributed by atoms with Crippen molar-refractivity contribution in [1.82, 2.24) is 0 Å². The Morgan fingerprint density at radius 1 is 1.16 bits per heavy atom. The summed E-state index contributed by atoms with van der Waals surface area (Å²) in [5.74, 6) is -1.11. The number of nitrogens with one attached hydrogen (secondary N) is 1. The van der Waals surface area contributed by atoms with Crippen molar-refractivity contribution in [2.75, 3.05) is 24.8 Å². The molecule has 31 heavy (non-hydrogen) atoms. The van der Waals surface area contributed by atoms with Crippen LogP contribution in [-0.2, 0) is 27.1 Å². The van der Waals surface area contributed by atoms with E-state index in [9.17, 15) is 14.4 Å². The van der Waals surface area contributed by atoms with E-state index in [0.717, 1.165) is 29.7 Å². The van der Waals surface area contributed by atoms with Crippen LogP contribution in [0.1, 0.15) is 58.3 Å². The largest absolute Gasteiger partial charge is 0.465 e. The minimum absolute atomic E-state index is 0.160. The van der Waals surface area contributed by atoms with Gasteiger partial charge < -0.3 is 20.5 Å². The lowest BCUT2D eigenvalue weighted by atomic mass is 9.72. The number of hydrogen-bond donors (Lipinski definition) is 2. The van der Waals surface area contributed by atoms with E-state index in [0.29, 0.717) is 27.7 Å². The zero-order valence-corrected chi connectivity index (χ0v) is 19.1. The topological polar surface area (TPSA) is 108 Å². The van der Waals surface area contributed by atoms with Gasteiger partial charge in [-0.1, -0.05) is 20.8 Å². The first-order valence-electron chi connectivity index (χ1n) is 10.2. The van der Waals surface area contributed by atoms with Gasteiger partial charge in [0, 0.05) is 10.6 Å². The fraction of sp³-hybridized carbons (Fsp3) is 0.435. The molecule has 0 saturated carbocycles. The number of esters is 2. The van der Waals surface area contributed by atoms with Crippen molar-refractivity contribution >= 4 is 39.9 Å². The SMILES string of the molecule is COC(=O)c1c(NC(=O)COC(=O)c2ccc(N)cc2)sc2c1CCC(C(C)(C)C)C2. The van der Waals surface area contributed by atoms with Crippen LogP contribution < -0.4 is 11.1 Å². The predicted octanol–water partition coefficient (Wildman–Crippen LogP) is 4.06. The zero-order chi connectivity index (χ0) is 22.8. The molecule has 1 aliphatic carbocycles. The number of hydrogen-bond acceptors (Lipinski definition) is 7. The van der Waals surface area contributed by atoms with Crippen molar-refractivity contribution < 1.29 is 23.9 Å². The number of amides is 1. The maximum Gasteiger partial charge on any atom is 0.341 e. The summed E-state index contributed by atoms with van der Waals surface area (Å²) >= 11 is 1.40. The maximum absolute atomic E-state index is 12.4. The highest BCUT2D eigenvalue weighted by Crippen LogP contribution is 2.44. The number of anilines is 2. The van der Waals surface area contributed by atoms with Gasteiger partial charge in [-0.15, -0.1) is 11.3 Å². The number of nitrogens with two attached hydrogens (primary N) is 1. The van der Waals surface area contributed by atoms with Gasteiger partial charge in [0.2, 0.25) is 0 Å². The number of benzene rings is 1. The van der Waals surface area contributed by atoms with Gasteiger partial charge in [-0.05, 0) is 60.4 Å². The lowest BCUT2D eigenvalue weighted by Crippen LogP contribution is -2.26. The highest BCUT2D eigenvalue weighted by atomic mass is 32.1. The second kappa shape index (κ2) is 9.09. The molecule has 0 saturated heterocycles. The second-order valence-electron chi connectivity index (χ2n) is 8.75. The molecule has 1 amide bonds. The van der Waals surface area contributed by atoms with Gasteiger partial charge in [-0.2, -0.15) is 0 Å². The van der Waals surface area contributed by atoms with Gasteiger partial charge in [0.05, 0.1) is 18.2 Å². The summed E-state index contributed by atoms with van der Waals surface area (Å²) in [5.41, 5.74) is 7.96. The molecule has 1 unspecified atom stereocenters. The molecule has 0 aliphatic heterocycles. The molecule has 7 nitrogen and oxygen atoms in total. The fourth-order valence-electron chi connectivity index (χ4n) is 3.73. The van der Waals surface area contributed by atoms with E-state index in [1.54, 1.807) is 12.1 Å². The summed E-state index contributed by atoms with van der Waals surface area (Å²) in [6.45, 7) is 6.19. The molecule has 0 bridgehead atoms. The quantitative estimate of drug-likeness (QED) is 0.532. The molecule has 166 valence electrons. The third kappa shape index (κ3) is 5.25. The summed E-state index contributed by atoms with van der Waals surface area (Å²) in [5, 5.41) is 3.18. The van der Waals surface area contributed by atoms with E-state index in [2.05, 4.69) is 26.1 Å². The number of carbonyl (C=O) groups is 3. The number of fused-ring (bicyclic) bond motifs is 1. The molecule has 1 aromatic heterocycles. The Kier molecular flexibility index (Phi) is 6.69. The van der Waals surface area contributed by atoms with Crippen molar-refractivity contribution in [2.24, 2.45) is 11.3 Å². The van der Waals surface area contributed by atoms with E-state index in [-0.39, 0.29) is 5.41 Å². The third-order valence-corrected chi connectivity index (χ3v) is 6.78. The molecule has 1 aliphatic rings. The van der Waals surface area contributed by atoms with Crippen LogP contribution in [0.2, 0.25) is 0 Å². The van der Waals surface area contributed by atoms with Crippen LogP contribution in [-0.4, -0.2) is 31.6 Å². The lowest BCUT2D eigenvalue weighted by molar-refractivity contribution is -0.119. The summed E-state index contributed by atoms with van der Waals surface area (Å²) in [7, 11) is 1.33. The van der Waals surface area contributed by atoms with Gasteiger partial charge in [0.15, 0.2) is 6.61 Å². The first kappa shape index (κ1) is 22.8. The van der Waals surface area contributed by atoms with Crippen molar-refractivity contribution in [3.63, 3.8) is 0 Å². The summed E-state index contributed by atoms with van der Waals surface area (Å²) in [4.78, 5) is 38.1. The highest BCUT2D eigenvalue weighted by molar-refractivity contribution is 7.17. The second-order valence-corrected chi connectivity index (χ2v) is 9.86. The Bertz CT molecular complexity index is 989. The van der Waals surface area contributed by atoms with E-state index in [1.807, 2.05) is 0 Å². The van der Waals surface area contributed by atoms with Gasteiger partial charge >= 0.3 is 11.9 Å². The van der Waals surface area contributed by atoms with Crippen molar-refractivity contribution in [2.45, 2.75) is 40.0 Å². The first-order valence-corrected chi connectivity index (χ1v) is 11.0. The molecular weight excluding hydrogens is 416 g/mol. The third-order valence-electron chi connectivity index (χ3n) is 5.61. The Morgan fingerprint density at radius 3 is 2.45 bits per heavy atom. The smallest absolute Gasteiger partial charge is 0.341 e. The van der Waals surface area contributed by atoms with E-state index in [1.165, 1.54) is 30.6 Å². The van der Waals surface area contributed by atoms with Gasteiger partial charge in [0.1, 0.15) is 5.00 Å². The van der Waals surface area contributed by atoms with Gasteiger partial charge in [0.25, 0.3) is 5.91 Å². The monoisotopic (exact) mass is 444 g/mol. The van der Waals surface area contributed by atoms with Crippen molar-refractivity contribution in [3.05, 3.63) is 45.8 Å². The molecule has 0 fully saturated rings. The van der Waals surface area contributed by atoms with Crippen molar-refractivity contribution in [3.8, 4) is 0 Å². The predicted molar refractivity (Wildman–Crippen MR) is 120 cm³/mol. The highest BCUT2D eigenvalue weighted by Gasteiger charge is 2.34. The van der Waals surface area contributed by atoms with Crippen LogP contribution in [0, 0.1) is 11.3 Å². The molecule has 2 aromatic rings. The zero-order valence-electron chi connectivity index (χ0n) is 18.2. The minimum atomic E-state index is -0.623. The normalized spacial score (nSPS) is 15.7. The van der Waals surface area contributed by atoms with Crippen LogP contribution in [0.5, 0.6) is 0 Å². The molecule has 8 heteroatoms. The van der Waals surface area contributed by atoms with Gasteiger partial charge in [-0.25, -0.2) is 9.59 Å². The van der Waals surface area contributed by atoms with Crippen molar-refractivity contribution in [1.29, 1.82) is 0 Å². The lowest BCUT2D eigenvalue weighted by Gasteiger charge is -2.33. The molecule has 1 heterocycles. The number of ether oxygens (including phenoxy) is 2. The van der Waals surface area contributed by atoms with Gasteiger partial charge in [-0.3, -0.25) is 4.79 Å². The van der Waals surface area contributed by atoms with Crippen LogP contribution in [0.4, 0.5) is 10.7 Å². The van der Waals surface area contributed by atoms with E-state index < -0.39 is 24.5 Å². The number of thiophene rings is 1. The average Bonchev–Trinajstić information content (AvgIpc) is 3.08. The molecule has 3 N–H and O–H groups in total. The summed E-state index contributed by atoms with van der Waals surface area (Å²) in [6.07, 6.45) is 2.60. The number of nitrogen functional groups attached to an aromatic ring is 1. The molecule has 1 atom stereocenters. The molecule has 0 radical (unpaired) electrons. The first-order chi connectivity index (χ1) is 14.6. The molecule has 0 spiro atoms. The number of methoxy groups -OCH3 is 1. The Morgan fingerprint density at radius 2 is 1.84 bits per heavy atom. The minimum Gasteiger partial charge on any atom is -0.465 e. The molecular formula is C23H28N2O5S. The Labute approximate surface area is 185 Å². The van der Waals surface area contributed by atoms with Crippen LogP contribution in [0.25, 0.3) is 0 Å². The van der Waals surface area contributed by atoms with Crippen LogP contribution in [0.15, 0.2) is 24.3 Å². The standard InChI is InChI=1S/C23H28N2O5S/c1-23(2,3)14-7-10-16-17(11-14)31-20(19(16)22(28)29-4)25-18(26)12-30-21(27)13-5-8-15(24)9-6-13/h5-6,8-9,14H,7,10-12,24H2,1-4H3,(H,25,26). The average molecular weight is 445 g/mol. The number of rotatable bonds is 5. The Balaban J connectivity index is 1.72. The van der Waals surface area contributed by atoms with E-state index >= 15 is 0 Å².